The van der Waals surface area contributed by atoms with E-state index >= 15 is 0 Å². The summed E-state index contributed by atoms with van der Waals surface area (Å²) in [4.78, 5) is 22.7. The van der Waals surface area contributed by atoms with Crippen LogP contribution in [0.25, 0.3) is 0 Å². The molecule has 0 atom stereocenters. The highest BCUT2D eigenvalue weighted by Crippen LogP contribution is 2.18. The second kappa shape index (κ2) is 5.52. The molecule has 1 heterocycles. The minimum atomic E-state index is -0.528. The van der Waals surface area contributed by atoms with Crippen molar-refractivity contribution in [1.29, 1.82) is 0 Å². The summed E-state index contributed by atoms with van der Waals surface area (Å²) in [5, 5.41) is 9.36. The minimum Gasteiger partial charge on any atom is -0.450 e. The zero-order chi connectivity index (χ0) is 13.0. The van der Waals surface area contributed by atoms with Gasteiger partial charge in [0.1, 0.15) is 6.54 Å². The van der Waals surface area contributed by atoms with Crippen molar-refractivity contribution in [3.05, 3.63) is 12.4 Å². The van der Waals surface area contributed by atoms with Crippen molar-refractivity contribution in [2.75, 3.05) is 11.9 Å². The van der Waals surface area contributed by atoms with Crippen LogP contribution in [-0.2, 0) is 16.1 Å². The fourth-order valence-electron chi connectivity index (χ4n) is 1.45. The van der Waals surface area contributed by atoms with E-state index in [4.69, 9.17) is 4.74 Å². The lowest BCUT2D eigenvalue weighted by Crippen LogP contribution is -2.29. The van der Waals surface area contributed by atoms with Crippen molar-refractivity contribution < 1.29 is 14.3 Å². The molecule has 0 radical (unpaired) electrons. The first-order valence-corrected chi connectivity index (χ1v) is 5.93. The van der Waals surface area contributed by atoms with E-state index < -0.39 is 6.09 Å². The fraction of sp³-hybridized carbons (Fsp3) is 0.545. The Labute approximate surface area is 104 Å². The monoisotopic (exact) mass is 252 g/mol. The third-order valence-electron chi connectivity index (χ3n) is 2.40. The first kappa shape index (κ1) is 12.4. The molecule has 0 saturated heterocycles. The van der Waals surface area contributed by atoms with Crippen molar-refractivity contribution in [2.45, 2.75) is 32.4 Å². The van der Waals surface area contributed by atoms with Gasteiger partial charge in [-0.25, -0.2) is 4.79 Å². The molecule has 0 aliphatic heterocycles. The molecule has 2 N–H and O–H groups in total. The summed E-state index contributed by atoms with van der Waals surface area (Å²) in [5.41, 5.74) is 0.507. The van der Waals surface area contributed by atoms with Crippen LogP contribution in [0.2, 0.25) is 0 Å². The zero-order valence-electron chi connectivity index (χ0n) is 10.2. The Morgan fingerprint density at radius 3 is 3.00 bits per heavy atom. The van der Waals surface area contributed by atoms with Gasteiger partial charge in [0, 0.05) is 12.2 Å². The lowest BCUT2D eigenvalue weighted by atomic mass is 10.5. The van der Waals surface area contributed by atoms with Gasteiger partial charge in [-0.1, -0.05) is 0 Å². The van der Waals surface area contributed by atoms with E-state index in [0.29, 0.717) is 18.3 Å². The third-order valence-corrected chi connectivity index (χ3v) is 2.40. The van der Waals surface area contributed by atoms with Crippen LogP contribution in [0.1, 0.15) is 19.8 Å². The Morgan fingerprint density at radius 2 is 2.33 bits per heavy atom. The molecule has 2 rings (SSSR count). The summed E-state index contributed by atoms with van der Waals surface area (Å²) in [6, 6.07) is 0.338. The molecule has 1 saturated carbocycles. The van der Waals surface area contributed by atoms with E-state index in [2.05, 4.69) is 15.7 Å². The van der Waals surface area contributed by atoms with Gasteiger partial charge in [0.2, 0.25) is 5.91 Å². The molecule has 1 aliphatic carbocycles. The van der Waals surface area contributed by atoms with Gasteiger partial charge in [-0.3, -0.25) is 14.8 Å². The summed E-state index contributed by atoms with van der Waals surface area (Å²) in [6.45, 7) is 2.19. The van der Waals surface area contributed by atoms with Gasteiger partial charge >= 0.3 is 6.09 Å². The van der Waals surface area contributed by atoms with Crippen LogP contribution in [0.4, 0.5) is 10.5 Å². The third kappa shape index (κ3) is 3.76. The largest absolute Gasteiger partial charge is 0.450 e. The van der Waals surface area contributed by atoms with E-state index in [9.17, 15) is 9.59 Å². The highest BCUT2D eigenvalue weighted by atomic mass is 16.5. The average molecular weight is 252 g/mol. The van der Waals surface area contributed by atoms with Crippen LogP contribution >= 0.6 is 0 Å². The maximum Gasteiger partial charge on any atom is 0.411 e. The molecular formula is C11H16N4O3. The molecule has 0 aromatic carbocycles. The molecule has 0 spiro atoms. The molecule has 7 heteroatoms. The summed E-state index contributed by atoms with van der Waals surface area (Å²) in [6.07, 6.45) is 4.64. The molecule has 0 bridgehead atoms. The molecule has 1 aromatic heterocycles. The quantitative estimate of drug-likeness (QED) is 0.809. The van der Waals surface area contributed by atoms with Gasteiger partial charge in [0.05, 0.1) is 18.5 Å². The van der Waals surface area contributed by atoms with Crippen molar-refractivity contribution in [3.8, 4) is 0 Å². The van der Waals surface area contributed by atoms with Gasteiger partial charge < -0.3 is 10.1 Å². The van der Waals surface area contributed by atoms with Gasteiger partial charge in [-0.15, -0.1) is 0 Å². The number of rotatable bonds is 5. The summed E-state index contributed by atoms with van der Waals surface area (Å²) < 4.78 is 6.20. The molecule has 2 amide bonds. The number of anilines is 1. The molecular weight excluding hydrogens is 236 g/mol. The van der Waals surface area contributed by atoms with Gasteiger partial charge in [0.15, 0.2) is 0 Å². The summed E-state index contributed by atoms with van der Waals surface area (Å²) in [7, 11) is 0. The number of ether oxygens (including phenoxy) is 1. The van der Waals surface area contributed by atoms with Crippen LogP contribution in [0, 0.1) is 0 Å². The predicted octanol–water partition coefficient (Wildman–Crippen LogP) is 0.730. The van der Waals surface area contributed by atoms with E-state index in [0.717, 1.165) is 12.8 Å². The molecule has 1 fully saturated rings. The molecule has 1 aromatic rings. The lowest BCUT2D eigenvalue weighted by molar-refractivity contribution is -0.122. The summed E-state index contributed by atoms with van der Waals surface area (Å²) in [5.74, 6) is -0.0664. The highest BCUT2D eigenvalue weighted by molar-refractivity contribution is 5.84. The predicted molar refractivity (Wildman–Crippen MR) is 64.0 cm³/mol. The second-order valence-corrected chi connectivity index (χ2v) is 4.11. The normalized spacial score (nSPS) is 14.1. The Balaban J connectivity index is 1.81. The van der Waals surface area contributed by atoms with Crippen molar-refractivity contribution in [1.82, 2.24) is 15.1 Å². The number of nitrogens with zero attached hydrogens (tertiary/aromatic N) is 2. The SMILES string of the molecule is CCOC(=O)Nc1cnn(CC(=O)NC2CC2)c1. The molecule has 0 unspecified atom stereocenters. The average Bonchev–Trinajstić information content (AvgIpc) is 3.00. The highest BCUT2D eigenvalue weighted by Gasteiger charge is 2.23. The maximum absolute atomic E-state index is 11.5. The van der Waals surface area contributed by atoms with Crippen LogP contribution in [0.15, 0.2) is 12.4 Å². The smallest absolute Gasteiger partial charge is 0.411 e. The van der Waals surface area contributed by atoms with Gasteiger partial charge in [-0.05, 0) is 19.8 Å². The lowest BCUT2D eigenvalue weighted by Gasteiger charge is -2.03. The van der Waals surface area contributed by atoms with Crippen molar-refractivity contribution in [3.63, 3.8) is 0 Å². The number of aromatic nitrogens is 2. The number of nitrogens with one attached hydrogen (secondary N) is 2. The second-order valence-electron chi connectivity index (χ2n) is 4.11. The van der Waals surface area contributed by atoms with Gasteiger partial charge in [-0.2, -0.15) is 5.10 Å². The Hall–Kier alpha value is -2.05. The van der Waals surface area contributed by atoms with Crippen LogP contribution in [0.5, 0.6) is 0 Å². The zero-order valence-corrected chi connectivity index (χ0v) is 10.2. The Morgan fingerprint density at radius 1 is 1.56 bits per heavy atom. The molecule has 1 aliphatic rings. The summed E-state index contributed by atoms with van der Waals surface area (Å²) >= 11 is 0. The number of carbonyl (C=O) groups is 2. The molecule has 7 nitrogen and oxygen atoms in total. The number of hydrogen-bond acceptors (Lipinski definition) is 4. The van der Waals surface area contributed by atoms with Crippen LogP contribution in [-0.4, -0.2) is 34.4 Å². The van der Waals surface area contributed by atoms with Crippen molar-refractivity contribution in [2.24, 2.45) is 0 Å². The molecule has 98 valence electrons. The van der Waals surface area contributed by atoms with E-state index in [1.54, 1.807) is 13.1 Å². The Kier molecular flexibility index (Phi) is 3.81. The minimum absolute atomic E-state index is 0.0664. The van der Waals surface area contributed by atoms with E-state index in [1.807, 2.05) is 0 Å². The number of amides is 2. The number of hydrogen-bond donors (Lipinski definition) is 2. The van der Waals surface area contributed by atoms with Crippen LogP contribution < -0.4 is 10.6 Å². The number of carbonyl (C=O) groups excluding carboxylic acids is 2. The van der Waals surface area contributed by atoms with E-state index in [-0.39, 0.29) is 12.5 Å². The first-order valence-electron chi connectivity index (χ1n) is 5.93. The van der Waals surface area contributed by atoms with Gasteiger partial charge in [0.25, 0.3) is 0 Å². The molecule has 18 heavy (non-hydrogen) atoms. The first-order chi connectivity index (χ1) is 8.67. The topological polar surface area (TPSA) is 85.2 Å². The van der Waals surface area contributed by atoms with E-state index in [1.165, 1.54) is 10.9 Å². The Bertz CT molecular complexity index is 439. The van der Waals surface area contributed by atoms with Crippen molar-refractivity contribution >= 4 is 17.7 Å². The van der Waals surface area contributed by atoms with Crippen LogP contribution in [0.3, 0.4) is 0 Å². The standard InChI is InChI=1S/C11H16N4O3/c1-2-18-11(17)14-9-5-12-15(6-9)7-10(16)13-8-3-4-8/h5-6,8H,2-4,7H2,1H3,(H,13,16)(H,14,17). The maximum atomic E-state index is 11.5. The fourth-order valence-corrected chi connectivity index (χ4v) is 1.45.